The molecule has 152 valence electrons. The van der Waals surface area contributed by atoms with Crippen LogP contribution < -0.4 is 20.1 Å². The lowest BCUT2D eigenvalue weighted by atomic mass is 10.1. The van der Waals surface area contributed by atoms with E-state index in [-0.39, 0.29) is 12.1 Å². The molecule has 0 saturated heterocycles. The molecule has 0 radical (unpaired) electrons. The molecule has 5 nitrogen and oxygen atoms in total. The van der Waals surface area contributed by atoms with Crippen molar-refractivity contribution in [2.24, 2.45) is 4.99 Å². The van der Waals surface area contributed by atoms with Crippen LogP contribution in [-0.4, -0.2) is 33.3 Å². The number of benzene rings is 2. The molecule has 0 unspecified atom stereocenters. The highest BCUT2D eigenvalue weighted by atomic mass is 19.1. The zero-order valence-electron chi connectivity index (χ0n) is 16.5. The number of aryl methyl sites for hydroxylation is 1. The van der Waals surface area contributed by atoms with Gasteiger partial charge in [-0.2, -0.15) is 0 Å². The molecule has 0 aromatic heterocycles. The Balaban J connectivity index is 1.88. The Kier molecular flexibility index (Phi) is 8.52. The smallest absolute Gasteiger partial charge is 0.191 e. The van der Waals surface area contributed by atoms with Gasteiger partial charge in [0.25, 0.3) is 0 Å². The van der Waals surface area contributed by atoms with Gasteiger partial charge in [0.05, 0.1) is 20.8 Å². The highest BCUT2D eigenvalue weighted by Gasteiger charge is 2.06. The van der Waals surface area contributed by atoms with E-state index >= 15 is 0 Å². The monoisotopic (exact) mass is 391 g/mol. The van der Waals surface area contributed by atoms with Crippen LogP contribution in [0.2, 0.25) is 0 Å². The summed E-state index contributed by atoms with van der Waals surface area (Å²) in [4.78, 5) is 4.33. The van der Waals surface area contributed by atoms with Crippen LogP contribution in [0.15, 0.2) is 41.4 Å². The van der Waals surface area contributed by atoms with Crippen molar-refractivity contribution in [2.75, 3.05) is 27.3 Å². The topological polar surface area (TPSA) is 54.9 Å². The van der Waals surface area contributed by atoms with Crippen LogP contribution >= 0.6 is 0 Å². The van der Waals surface area contributed by atoms with Crippen molar-refractivity contribution in [1.29, 1.82) is 0 Å². The molecule has 0 amide bonds. The quantitative estimate of drug-likeness (QED) is 0.389. The van der Waals surface area contributed by atoms with E-state index in [9.17, 15) is 8.78 Å². The van der Waals surface area contributed by atoms with Gasteiger partial charge < -0.3 is 20.1 Å². The molecule has 0 heterocycles. The van der Waals surface area contributed by atoms with Crippen LogP contribution in [0.25, 0.3) is 0 Å². The fraction of sp³-hybridized carbons (Fsp3) is 0.381. The molecule has 7 heteroatoms. The number of methoxy groups -OCH3 is 2. The van der Waals surface area contributed by atoms with Gasteiger partial charge in [0, 0.05) is 18.7 Å². The summed E-state index contributed by atoms with van der Waals surface area (Å²) in [6.07, 6.45) is 1.72. The molecule has 0 atom stereocenters. The molecule has 28 heavy (non-hydrogen) atoms. The van der Waals surface area contributed by atoms with Gasteiger partial charge in [-0.3, -0.25) is 0 Å². The van der Waals surface area contributed by atoms with E-state index in [2.05, 4.69) is 15.6 Å². The molecule has 0 aliphatic carbocycles. The predicted octanol–water partition coefficient (Wildman–Crippen LogP) is 3.67. The molecule has 2 N–H and O–H groups in total. The third-order valence-corrected chi connectivity index (χ3v) is 4.14. The zero-order chi connectivity index (χ0) is 20.4. The number of nitrogens with one attached hydrogen (secondary N) is 2. The summed E-state index contributed by atoms with van der Waals surface area (Å²) < 4.78 is 37.5. The van der Waals surface area contributed by atoms with Crippen LogP contribution in [0.1, 0.15) is 24.5 Å². The third-order valence-electron chi connectivity index (χ3n) is 4.14. The minimum absolute atomic E-state index is 0.0641. The van der Waals surface area contributed by atoms with Crippen LogP contribution in [0.3, 0.4) is 0 Å². The lowest BCUT2D eigenvalue weighted by Crippen LogP contribution is -2.37. The van der Waals surface area contributed by atoms with E-state index in [1.54, 1.807) is 14.2 Å². The number of nitrogens with zero attached hydrogens (tertiary/aromatic N) is 1. The fourth-order valence-corrected chi connectivity index (χ4v) is 2.71. The summed E-state index contributed by atoms with van der Waals surface area (Å²) in [5, 5.41) is 6.32. The van der Waals surface area contributed by atoms with Crippen molar-refractivity contribution in [1.82, 2.24) is 10.6 Å². The highest BCUT2D eigenvalue weighted by Crippen LogP contribution is 2.27. The molecule has 2 rings (SSSR count). The first kappa shape index (κ1) is 21.5. The normalized spacial score (nSPS) is 11.2. The summed E-state index contributed by atoms with van der Waals surface area (Å²) in [5.74, 6) is 1.04. The van der Waals surface area contributed by atoms with Crippen LogP contribution in [-0.2, 0) is 13.0 Å². The van der Waals surface area contributed by atoms with Crippen molar-refractivity contribution in [2.45, 2.75) is 26.3 Å². The van der Waals surface area contributed by atoms with Crippen molar-refractivity contribution in [3.05, 3.63) is 59.2 Å². The minimum Gasteiger partial charge on any atom is -0.493 e. The molecule has 0 aliphatic rings. The average molecular weight is 391 g/mol. The maximum atomic E-state index is 13.7. The van der Waals surface area contributed by atoms with Gasteiger partial charge in [0.1, 0.15) is 11.6 Å². The third kappa shape index (κ3) is 6.40. The number of ether oxygens (including phenoxy) is 2. The molecule has 0 aliphatic heterocycles. The Morgan fingerprint density at radius 3 is 2.50 bits per heavy atom. The Hall–Kier alpha value is -2.83. The molecule has 0 saturated carbocycles. The fourth-order valence-electron chi connectivity index (χ4n) is 2.71. The lowest BCUT2D eigenvalue weighted by Gasteiger charge is -2.12. The molecule has 0 fully saturated rings. The van der Waals surface area contributed by atoms with Gasteiger partial charge in [-0.15, -0.1) is 0 Å². The van der Waals surface area contributed by atoms with Gasteiger partial charge in [0.2, 0.25) is 0 Å². The van der Waals surface area contributed by atoms with E-state index in [4.69, 9.17) is 9.47 Å². The molecule has 0 spiro atoms. The second kappa shape index (κ2) is 11.1. The second-order valence-corrected chi connectivity index (χ2v) is 6.15. The summed E-state index contributed by atoms with van der Waals surface area (Å²) in [6.45, 7) is 3.37. The summed E-state index contributed by atoms with van der Waals surface area (Å²) in [7, 11) is 3.22. The molecular weight excluding hydrogens is 364 g/mol. The Morgan fingerprint density at radius 1 is 1.00 bits per heavy atom. The predicted molar refractivity (Wildman–Crippen MR) is 107 cm³/mol. The summed E-state index contributed by atoms with van der Waals surface area (Å²) in [6, 6.07) is 9.24. The van der Waals surface area contributed by atoms with Gasteiger partial charge in [0.15, 0.2) is 17.5 Å². The Bertz CT molecular complexity index is 797. The highest BCUT2D eigenvalue weighted by molar-refractivity contribution is 5.79. The van der Waals surface area contributed by atoms with Crippen molar-refractivity contribution < 1.29 is 18.3 Å². The number of guanidine groups is 1. The largest absolute Gasteiger partial charge is 0.493 e. The van der Waals surface area contributed by atoms with Crippen LogP contribution in [0.4, 0.5) is 8.78 Å². The Labute approximate surface area is 164 Å². The first-order valence-corrected chi connectivity index (χ1v) is 9.24. The maximum absolute atomic E-state index is 13.7. The number of halogens is 2. The lowest BCUT2D eigenvalue weighted by molar-refractivity contribution is 0.354. The van der Waals surface area contributed by atoms with E-state index in [1.165, 1.54) is 6.07 Å². The number of rotatable bonds is 9. The van der Waals surface area contributed by atoms with Crippen LogP contribution in [0.5, 0.6) is 11.5 Å². The standard InChI is InChI=1S/C21H27F2N3O2/c1-4-24-21(26-14-16-13-17(22)8-9-18(16)23)25-11-5-6-15-7-10-19(27-2)20(12-15)28-3/h7-10,12-13H,4-6,11,14H2,1-3H3,(H2,24,25,26). The number of aliphatic imine (C=N–C) groups is 1. The number of hydrogen-bond donors (Lipinski definition) is 2. The van der Waals surface area contributed by atoms with E-state index < -0.39 is 11.6 Å². The van der Waals surface area contributed by atoms with Crippen LogP contribution in [0, 0.1) is 11.6 Å². The molecule has 2 aromatic rings. The van der Waals surface area contributed by atoms with Crippen molar-refractivity contribution >= 4 is 5.96 Å². The molecule has 0 bridgehead atoms. The van der Waals surface area contributed by atoms with Gasteiger partial charge >= 0.3 is 0 Å². The zero-order valence-corrected chi connectivity index (χ0v) is 16.5. The average Bonchev–Trinajstić information content (AvgIpc) is 2.71. The maximum Gasteiger partial charge on any atom is 0.191 e. The minimum atomic E-state index is -0.473. The number of hydrogen-bond acceptors (Lipinski definition) is 3. The second-order valence-electron chi connectivity index (χ2n) is 6.15. The first-order valence-electron chi connectivity index (χ1n) is 9.24. The van der Waals surface area contributed by atoms with Gasteiger partial charge in [-0.25, -0.2) is 13.8 Å². The SMILES string of the molecule is CCNC(=NCc1cc(F)ccc1F)NCCCc1ccc(OC)c(OC)c1. The molecule has 2 aromatic carbocycles. The first-order chi connectivity index (χ1) is 13.6. The van der Waals surface area contributed by atoms with E-state index in [0.717, 1.165) is 30.5 Å². The van der Waals surface area contributed by atoms with Gasteiger partial charge in [-0.05, 0) is 55.7 Å². The van der Waals surface area contributed by atoms with E-state index in [0.29, 0.717) is 30.5 Å². The Morgan fingerprint density at radius 2 is 1.79 bits per heavy atom. The summed E-state index contributed by atoms with van der Waals surface area (Å²) >= 11 is 0. The van der Waals surface area contributed by atoms with Crippen molar-refractivity contribution in [3.8, 4) is 11.5 Å². The van der Waals surface area contributed by atoms with Crippen molar-refractivity contribution in [3.63, 3.8) is 0 Å². The van der Waals surface area contributed by atoms with E-state index in [1.807, 2.05) is 25.1 Å². The van der Waals surface area contributed by atoms with Gasteiger partial charge in [-0.1, -0.05) is 6.07 Å². The summed E-state index contributed by atoms with van der Waals surface area (Å²) in [5.41, 5.74) is 1.37. The molecular formula is C21H27F2N3O2.